The number of carbonyl (C=O) groups is 1. The Kier molecular flexibility index (Phi) is 5.29. The molecule has 0 bridgehead atoms. The van der Waals surface area contributed by atoms with Crippen molar-refractivity contribution in [3.8, 4) is 11.5 Å². The number of benzene rings is 1. The Hall–Kier alpha value is -1.75. The zero-order chi connectivity index (χ0) is 12.7. The van der Waals surface area contributed by atoms with Crippen molar-refractivity contribution in [2.24, 2.45) is 0 Å². The zero-order valence-corrected chi connectivity index (χ0v) is 10.1. The van der Waals surface area contributed by atoms with Gasteiger partial charge in [-0.15, -0.1) is 0 Å². The Labute approximate surface area is 101 Å². The quantitative estimate of drug-likeness (QED) is 0.636. The first kappa shape index (κ1) is 13.3. The molecule has 0 heterocycles. The molecule has 0 saturated heterocycles. The Bertz CT molecular complexity index is 380. The number of hydrogen-bond donors (Lipinski definition) is 3. The van der Waals surface area contributed by atoms with E-state index < -0.39 is 0 Å². The molecular weight excluding hydrogens is 220 g/mol. The SMILES string of the molecule is CNC(=O)CCNCc1cc(OC)ccc1O. The van der Waals surface area contributed by atoms with Crippen LogP contribution >= 0.6 is 0 Å². The summed E-state index contributed by atoms with van der Waals surface area (Å²) < 4.78 is 5.07. The molecule has 0 unspecified atom stereocenters. The molecule has 1 rings (SSSR count). The van der Waals surface area contributed by atoms with Crippen molar-refractivity contribution in [3.05, 3.63) is 23.8 Å². The fourth-order valence-corrected chi connectivity index (χ4v) is 1.38. The van der Waals surface area contributed by atoms with Crippen molar-refractivity contribution >= 4 is 5.91 Å². The Morgan fingerprint density at radius 2 is 2.24 bits per heavy atom. The summed E-state index contributed by atoms with van der Waals surface area (Å²) in [7, 11) is 3.19. The number of rotatable bonds is 6. The number of phenolic OH excluding ortho intramolecular Hbond substituents is 1. The molecule has 5 nitrogen and oxygen atoms in total. The molecular formula is C12H18N2O3. The minimum atomic E-state index is -0.00707. The van der Waals surface area contributed by atoms with Crippen LogP contribution < -0.4 is 15.4 Å². The van der Waals surface area contributed by atoms with E-state index >= 15 is 0 Å². The number of hydrogen-bond acceptors (Lipinski definition) is 4. The standard InChI is InChI=1S/C12H18N2O3/c1-13-12(16)5-6-14-8-9-7-10(17-2)3-4-11(9)15/h3-4,7,14-15H,5-6,8H2,1-2H3,(H,13,16). The monoisotopic (exact) mass is 238 g/mol. The highest BCUT2D eigenvalue weighted by Gasteiger charge is 2.03. The second-order valence-corrected chi connectivity index (χ2v) is 3.59. The smallest absolute Gasteiger partial charge is 0.221 e. The van der Waals surface area contributed by atoms with Crippen LogP contribution in [0.4, 0.5) is 0 Å². The van der Waals surface area contributed by atoms with E-state index in [9.17, 15) is 9.90 Å². The Morgan fingerprint density at radius 1 is 1.47 bits per heavy atom. The first-order valence-corrected chi connectivity index (χ1v) is 5.44. The van der Waals surface area contributed by atoms with E-state index in [-0.39, 0.29) is 11.7 Å². The summed E-state index contributed by atoms with van der Waals surface area (Å²) in [5, 5.41) is 15.2. The second-order valence-electron chi connectivity index (χ2n) is 3.59. The van der Waals surface area contributed by atoms with Crippen molar-refractivity contribution in [2.75, 3.05) is 20.7 Å². The molecule has 5 heteroatoms. The van der Waals surface area contributed by atoms with Gasteiger partial charge in [0.25, 0.3) is 0 Å². The van der Waals surface area contributed by atoms with Crippen molar-refractivity contribution < 1.29 is 14.6 Å². The van der Waals surface area contributed by atoms with Crippen LogP contribution in [0.3, 0.4) is 0 Å². The molecule has 94 valence electrons. The third kappa shape index (κ3) is 4.32. The van der Waals surface area contributed by atoms with Gasteiger partial charge in [-0.25, -0.2) is 0 Å². The molecule has 0 aliphatic carbocycles. The van der Waals surface area contributed by atoms with Crippen LogP contribution in [0.25, 0.3) is 0 Å². The first-order valence-electron chi connectivity index (χ1n) is 5.44. The van der Waals surface area contributed by atoms with E-state index in [2.05, 4.69) is 10.6 Å². The van der Waals surface area contributed by atoms with Crippen LogP contribution in [-0.4, -0.2) is 31.7 Å². The fraction of sp³-hybridized carbons (Fsp3) is 0.417. The van der Waals surface area contributed by atoms with Crippen LogP contribution in [0.2, 0.25) is 0 Å². The molecule has 0 atom stereocenters. The predicted molar refractivity (Wildman–Crippen MR) is 65.0 cm³/mol. The molecule has 1 amide bonds. The minimum Gasteiger partial charge on any atom is -0.508 e. The molecule has 0 aliphatic rings. The molecule has 0 aliphatic heterocycles. The lowest BCUT2D eigenvalue weighted by Crippen LogP contribution is -2.24. The fourth-order valence-electron chi connectivity index (χ4n) is 1.38. The summed E-state index contributed by atoms with van der Waals surface area (Å²) in [6.07, 6.45) is 0.418. The van der Waals surface area contributed by atoms with Crippen LogP contribution in [0.1, 0.15) is 12.0 Å². The molecule has 3 N–H and O–H groups in total. The van der Waals surface area contributed by atoms with Gasteiger partial charge in [0.2, 0.25) is 5.91 Å². The first-order chi connectivity index (χ1) is 8.17. The summed E-state index contributed by atoms with van der Waals surface area (Å²) in [6, 6.07) is 5.06. The van der Waals surface area contributed by atoms with Crippen LogP contribution in [0.15, 0.2) is 18.2 Å². The topological polar surface area (TPSA) is 70.6 Å². The molecule has 1 aromatic carbocycles. The summed E-state index contributed by atoms with van der Waals surface area (Å²) in [5.74, 6) is 0.913. The molecule has 0 fully saturated rings. The number of amides is 1. The Balaban J connectivity index is 2.43. The number of carbonyl (C=O) groups excluding carboxylic acids is 1. The van der Waals surface area contributed by atoms with Crippen molar-refractivity contribution in [1.29, 1.82) is 0 Å². The van der Waals surface area contributed by atoms with Crippen LogP contribution in [-0.2, 0) is 11.3 Å². The van der Waals surface area contributed by atoms with Gasteiger partial charge in [-0.05, 0) is 18.2 Å². The predicted octanol–water partition coefficient (Wildman–Crippen LogP) is 0.626. The molecule has 0 saturated carbocycles. The second kappa shape index (κ2) is 6.75. The third-order valence-corrected chi connectivity index (χ3v) is 2.41. The summed E-state index contributed by atoms with van der Waals surface area (Å²) in [5.41, 5.74) is 0.751. The number of nitrogens with one attached hydrogen (secondary N) is 2. The van der Waals surface area contributed by atoms with Gasteiger partial charge in [0.1, 0.15) is 11.5 Å². The molecule has 0 aromatic heterocycles. The van der Waals surface area contributed by atoms with Gasteiger partial charge in [0, 0.05) is 32.1 Å². The molecule has 0 spiro atoms. The Morgan fingerprint density at radius 3 is 2.88 bits per heavy atom. The van der Waals surface area contributed by atoms with Crippen molar-refractivity contribution in [3.63, 3.8) is 0 Å². The van der Waals surface area contributed by atoms with E-state index in [4.69, 9.17) is 4.74 Å². The van der Waals surface area contributed by atoms with Crippen molar-refractivity contribution in [2.45, 2.75) is 13.0 Å². The zero-order valence-electron chi connectivity index (χ0n) is 10.1. The summed E-state index contributed by atoms with van der Waals surface area (Å²) in [6.45, 7) is 1.07. The highest BCUT2D eigenvalue weighted by molar-refractivity contribution is 5.75. The van der Waals surface area contributed by atoms with Gasteiger partial charge in [0.05, 0.1) is 7.11 Å². The highest BCUT2D eigenvalue weighted by atomic mass is 16.5. The lowest BCUT2D eigenvalue weighted by Gasteiger charge is -2.08. The van der Waals surface area contributed by atoms with Gasteiger partial charge in [-0.1, -0.05) is 0 Å². The van der Waals surface area contributed by atoms with E-state index in [0.717, 1.165) is 5.56 Å². The largest absolute Gasteiger partial charge is 0.508 e. The highest BCUT2D eigenvalue weighted by Crippen LogP contribution is 2.22. The van der Waals surface area contributed by atoms with Gasteiger partial charge in [-0.3, -0.25) is 4.79 Å². The maximum Gasteiger partial charge on any atom is 0.221 e. The van der Waals surface area contributed by atoms with E-state index in [0.29, 0.717) is 25.3 Å². The minimum absolute atomic E-state index is 0.00707. The molecule has 17 heavy (non-hydrogen) atoms. The van der Waals surface area contributed by atoms with Gasteiger partial charge >= 0.3 is 0 Å². The van der Waals surface area contributed by atoms with Gasteiger partial charge in [0.15, 0.2) is 0 Å². The summed E-state index contributed by atoms with van der Waals surface area (Å²) in [4.78, 5) is 11.0. The third-order valence-electron chi connectivity index (χ3n) is 2.41. The lowest BCUT2D eigenvalue weighted by molar-refractivity contribution is -0.120. The summed E-state index contributed by atoms with van der Waals surface area (Å²) >= 11 is 0. The maximum atomic E-state index is 11.0. The normalized spacial score (nSPS) is 10.0. The average molecular weight is 238 g/mol. The number of phenols is 1. The average Bonchev–Trinajstić information content (AvgIpc) is 2.36. The van der Waals surface area contributed by atoms with E-state index in [1.807, 2.05) is 0 Å². The van der Waals surface area contributed by atoms with Crippen LogP contribution in [0.5, 0.6) is 11.5 Å². The molecule has 1 aromatic rings. The van der Waals surface area contributed by atoms with Crippen LogP contribution in [0, 0.1) is 0 Å². The van der Waals surface area contributed by atoms with E-state index in [1.54, 1.807) is 32.4 Å². The number of methoxy groups -OCH3 is 1. The van der Waals surface area contributed by atoms with Gasteiger partial charge in [-0.2, -0.15) is 0 Å². The number of aromatic hydroxyl groups is 1. The van der Waals surface area contributed by atoms with Gasteiger partial charge < -0.3 is 20.5 Å². The maximum absolute atomic E-state index is 11.0. The lowest BCUT2D eigenvalue weighted by atomic mass is 10.2. The molecule has 0 radical (unpaired) electrons. The number of ether oxygens (including phenoxy) is 1. The van der Waals surface area contributed by atoms with E-state index in [1.165, 1.54) is 0 Å². The van der Waals surface area contributed by atoms with Crippen molar-refractivity contribution in [1.82, 2.24) is 10.6 Å².